The molecule has 4 nitrogen and oxygen atoms in total. The second-order valence-electron chi connectivity index (χ2n) is 7.13. The number of likely N-dealkylation sites (tertiary alicyclic amines) is 1. The molecule has 1 aliphatic heterocycles. The van der Waals surface area contributed by atoms with Crippen molar-refractivity contribution in [2.75, 3.05) is 32.8 Å². The van der Waals surface area contributed by atoms with Crippen LogP contribution in [0.3, 0.4) is 0 Å². The average Bonchev–Trinajstić information content (AvgIpc) is 2.74. The Bertz CT molecular complexity index is 808. The number of hydrogen-bond acceptors (Lipinski definition) is 3. The summed E-state index contributed by atoms with van der Waals surface area (Å²) >= 11 is 0. The zero-order valence-electron chi connectivity index (χ0n) is 17.5. The van der Waals surface area contributed by atoms with E-state index in [9.17, 15) is 4.79 Å². The average molecular weight is 393 g/mol. The minimum Gasteiger partial charge on any atom is -0.494 e. The normalized spacial score (nSPS) is 19.6. The molecule has 152 valence electrons. The third-order valence-electron chi connectivity index (χ3n) is 5.03. The smallest absolute Gasteiger partial charge is 0.196 e. The highest BCUT2D eigenvalue weighted by molar-refractivity contribution is 6.14. The lowest BCUT2D eigenvalue weighted by Crippen LogP contribution is -3.13. The molecule has 1 saturated heterocycles. The monoisotopic (exact) mass is 392 g/mol. The predicted molar refractivity (Wildman–Crippen MR) is 117 cm³/mol. The summed E-state index contributed by atoms with van der Waals surface area (Å²) < 4.78 is 11.0. The number of carbonyl (C=O) groups is 1. The molecule has 1 aliphatic rings. The molecule has 3 rings (SSSR count). The van der Waals surface area contributed by atoms with Gasteiger partial charge in [-0.05, 0) is 68.3 Å². The van der Waals surface area contributed by atoms with Crippen molar-refractivity contribution >= 4 is 17.9 Å². The fraction of sp³-hybridized carbons (Fsp3) is 0.320. The van der Waals surface area contributed by atoms with Gasteiger partial charge in [0.1, 0.15) is 24.6 Å². The third kappa shape index (κ3) is 5.58. The molecule has 0 unspecified atom stereocenters. The van der Waals surface area contributed by atoms with Crippen molar-refractivity contribution in [1.29, 1.82) is 0 Å². The highest BCUT2D eigenvalue weighted by Crippen LogP contribution is 2.19. The molecule has 4 heteroatoms. The first-order valence-corrected chi connectivity index (χ1v) is 10.4. The quantitative estimate of drug-likeness (QED) is 0.734. The van der Waals surface area contributed by atoms with Crippen LogP contribution in [-0.4, -0.2) is 38.6 Å². The van der Waals surface area contributed by atoms with Crippen LogP contribution < -0.4 is 14.4 Å². The van der Waals surface area contributed by atoms with Crippen LogP contribution in [0.15, 0.2) is 59.7 Å². The van der Waals surface area contributed by atoms with Crippen LogP contribution in [0.25, 0.3) is 12.2 Å². The van der Waals surface area contributed by atoms with E-state index < -0.39 is 0 Å². The molecule has 1 heterocycles. The number of Topliss-reactive ketones (excluding diaryl/α,β-unsaturated/α-hetero) is 1. The van der Waals surface area contributed by atoms with Gasteiger partial charge in [0.05, 0.1) is 30.9 Å². The van der Waals surface area contributed by atoms with E-state index in [1.165, 1.54) is 4.90 Å². The molecule has 29 heavy (non-hydrogen) atoms. The van der Waals surface area contributed by atoms with E-state index in [1.54, 1.807) is 0 Å². The summed E-state index contributed by atoms with van der Waals surface area (Å²) in [5.41, 5.74) is 3.76. The molecule has 2 aromatic carbocycles. The van der Waals surface area contributed by atoms with Gasteiger partial charge >= 0.3 is 0 Å². The predicted octanol–water partition coefficient (Wildman–Crippen LogP) is 3.44. The van der Waals surface area contributed by atoms with Gasteiger partial charge in [-0.1, -0.05) is 24.3 Å². The number of ketones is 1. The molecule has 0 atom stereocenters. The fourth-order valence-corrected chi connectivity index (χ4v) is 3.51. The number of rotatable bonds is 7. The maximum Gasteiger partial charge on any atom is 0.196 e. The Kier molecular flexibility index (Phi) is 7.25. The minimum absolute atomic E-state index is 0.143. The van der Waals surface area contributed by atoms with E-state index in [-0.39, 0.29) is 5.78 Å². The van der Waals surface area contributed by atoms with Gasteiger partial charge in [-0.3, -0.25) is 4.79 Å². The lowest BCUT2D eigenvalue weighted by molar-refractivity contribution is -0.889. The maximum absolute atomic E-state index is 13.1. The number of likely N-dealkylation sites (N-methyl/N-ethyl adjacent to an activating group) is 1. The van der Waals surface area contributed by atoms with Crippen molar-refractivity contribution < 1.29 is 19.2 Å². The second kappa shape index (κ2) is 10.1. The van der Waals surface area contributed by atoms with Crippen LogP contribution in [0.4, 0.5) is 0 Å². The minimum atomic E-state index is 0.143. The van der Waals surface area contributed by atoms with Gasteiger partial charge in [-0.25, -0.2) is 0 Å². The van der Waals surface area contributed by atoms with Crippen molar-refractivity contribution in [3.63, 3.8) is 0 Å². The first kappa shape index (κ1) is 20.9. The molecule has 0 spiro atoms. The van der Waals surface area contributed by atoms with Crippen LogP contribution in [0.5, 0.6) is 11.5 Å². The van der Waals surface area contributed by atoms with Crippen molar-refractivity contribution in [3.05, 3.63) is 70.8 Å². The van der Waals surface area contributed by atoms with Gasteiger partial charge in [0.25, 0.3) is 0 Å². The molecule has 1 N–H and O–H groups in total. The van der Waals surface area contributed by atoms with Crippen molar-refractivity contribution in [2.24, 2.45) is 0 Å². The molecule has 0 radical (unpaired) electrons. The van der Waals surface area contributed by atoms with Gasteiger partial charge in [0.2, 0.25) is 0 Å². The van der Waals surface area contributed by atoms with E-state index >= 15 is 0 Å². The summed E-state index contributed by atoms with van der Waals surface area (Å²) in [7, 11) is 0. The van der Waals surface area contributed by atoms with Gasteiger partial charge in [0, 0.05) is 0 Å². The Morgan fingerprint density at radius 2 is 1.17 bits per heavy atom. The Labute approximate surface area is 173 Å². The van der Waals surface area contributed by atoms with E-state index in [0.717, 1.165) is 53.4 Å². The van der Waals surface area contributed by atoms with Crippen LogP contribution in [0.2, 0.25) is 0 Å². The maximum atomic E-state index is 13.1. The summed E-state index contributed by atoms with van der Waals surface area (Å²) in [6, 6.07) is 15.8. The number of benzene rings is 2. The lowest BCUT2D eigenvalue weighted by Gasteiger charge is -2.25. The summed E-state index contributed by atoms with van der Waals surface area (Å²) in [5, 5.41) is 0. The molecule has 1 fully saturated rings. The summed E-state index contributed by atoms with van der Waals surface area (Å²) in [5.74, 6) is 1.84. The Morgan fingerprint density at radius 3 is 1.52 bits per heavy atom. The second-order valence-corrected chi connectivity index (χ2v) is 7.13. The molecule has 0 amide bonds. The van der Waals surface area contributed by atoms with Gasteiger partial charge < -0.3 is 14.4 Å². The molecule has 0 aliphatic carbocycles. The number of piperidine rings is 1. The fourth-order valence-electron chi connectivity index (χ4n) is 3.51. The molecule has 2 aromatic rings. The first-order chi connectivity index (χ1) is 14.1. The number of nitrogens with one attached hydrogen (secondary N) is 1. The topological polar surface area (TPSA) is 40.0 Å². The molecular weight excluding hydrogens is 362 g/mol. The van der Waals surface area contributed by atoms with E-state index in [1.807, 2.05) is 74.5 Å². The number of quaternary nitrogens is 1. The first-order valence-electron chi connectivity index (χ1n) is 10.4. The largest absolute Gasteiger partial charge is 0.494 e. The number of ether oxygens (including phenoxy) is 2. The van der Waals surface area contributed by atoms with Crippen molar-refractivity contribution in [1.82, 2.24) is 0 Å². The summed E-state index contributed by atoms with van der Waals surface area (Å²) in [6.45, 7) is 9.88. The standard InChI is InChI=1S/C25H29NO3/c1-4-26-17-21(15-19-7-11-23(12-8-19)28-5-2)25(27)22(18-26)16-20-9-13-24(14-10-20)29-6-3/h7-16H,4-6,17-18H2,1-3H3/p+1/b21-15+,22-16+. The Balaban J connectivity index is 1.84. The van der Waals surface area contributed by atoms with Crippen LogP contribution >= 0.6 is 0 Å². The lowest BCUT2D eigenvalue weighted by atomic mass is 9.94. The zero-order chi connectivity index (χ0) is 20.6. The molecule has 0 aromatic heterocycles. The third-order valence-corrected chi connectivity index (χ3v) is 5.03. The summed E-state index contributed by atoms with van der Waals surface area (Å²) in [6.07, 6.45) is 4.03. The van der Waals surface area contributed by atoms with E-state index in [4.69, 9.17) is 9.47 Å². The van der Waals surface area contributed by atoms with E-state index in [2.05, 4.69) is 6.92 Å². The highest BCUT2D eigenvalue weighted by Gasteiger charge is 2.28. The van der Waals surface area contributed by atoms with Gasteiger partial charge in [-0.2, -0.15) is 0 Å². The van der Waals surface area contributed by atoms with Crippen molar-refractivity contribution in [3.8, 4) is 11.5 Å². The molecule has 0 saturated carbocycles. The summed E-state index contributed by atoms with van der Waals surface area (Å²) in [4.78, 5) is 14.5. The van der Waals surface area contributed by atoms with Gasteiger partial charge in [0.15, 0.2) is 5.78 Å². The number of hydrogen-bond donors (Lipinski definition) is 1. The van der Waals surface area contributed by atoms with E-state index in [0.29, 0.717) is 13.2 Å². The Hall–Kier alpha value is -2.85. The molecule has 0 bridgehead atoms. The van der Waals surface area contributed by atoms with Crippen LogP contribution in [-0.2, 0) is 4.79 Å². The van der Waals surface area contributed by atoms with Gasteiger partial charge in [-0.15, -0.1) is 0 Å². The number of carbonyl (C=O) groups excluding carboxylic acids is 1. The highest BCUT2D eigenvalue weighted by atomic mass is 16.5. The van der Waals surface area contributed by atoms with Crippen molar-refractivity contribution in [2.45, 2.75) is 20.8 Å². The molecular formula is C25H30NO3+. The van der Waals surface area contributed by atoms with Crippen LogP contribution in [0, 0.1) is 0 Å². The zero-order valence-corrected chi connectivity index (χ0v) is 17.5. The van der Waals surface area contributed by atoms with Crippen LogP contribution in [0.1, 0.15) is 31.9 Å². The Morgan fingerprint density at radius 1 is 0.759 bits per heavy atom. The SMILES string of the molecule is CCOc1ccc(/C=C2\C[NH+](CC)C/C(=C\c3ccc(OCC)cc3)C2=O)cc1.